The molecule has 0 saturated carbocycles. The van der Waals surface area contributed by atoms with Crippen LogP contribution in [-0.4, -0.2) is 35.4 Å². The molecule has 7 heteroatoms. The maximum Gasteiger partial charge on any atom is 0.119 e. The molecule has 0 aliphatic heterocycles. The van der Waals surface area contributed by atoms with Crippen molar-refractivity contribution >= 4 is 0 Å². The maximum absolute atomic E-state index is 10.3. The van der Waals surface area contributed by atoms with Crippen molar-refractivity contribution in [2.75, 3.05) is 0 Å². The fourth-order valence-electron chi connectivity index (χ4n) is 7.19. The van der Waals surface area contributed by atoms with Crippen molar-refractivity contribution in [2.24, 2.45) is 0 Å². The van der Waals surface area contributed by atoms with Gasteiger partial charge < -0.3 is 20.4 Å². The van der Waals surface area contributed by atoms with Crippen molar-refractivity contribution in [1.29, 1.82) is 0 Å². The maximum atomic E-state index is 10.3. The molecule has 0 atom stereocenters. The van der Waals surface area contributed by atoms with Gasteiger partial charge in [-0.3, -0.25) is 0 Å². The van der Waals surface area contributed by atoms with Crippen molar-refractivity contribution < 1.29 is 20.4 Å². The summed E-state index contributed by atoms with van der Waals surface area (Å²) < 4.78 is 0. The van der Waals surface area contributed by atoms with Crippen LogP contribution in [0.3, 0.4) is 0 Å². The molecule has 1 aliphatic carbocycles. The van der Waals surface area contributed by atoms with Crippen LogP contribution in [0, 0.1) is 0 Å². The standard InChI is InChI=1S/C38H28O4.C3H3N3/c39-29-17-9-25(10-18-29)37(26-11-19-30(40)20-12-26)33-5-1-2-6-34(33)38(27-13-21-31(41)22-14-27,28-15-23-32(42)24-16-28)36-8-4-3-7-35(36)37;1-4-2-6-3-5-1/h1-24,39-42H;1-3H. The van der Waals surface area contributed by atoms with E-state index in [1.165, 1.54) is 19.0 Å². The first-order valence-corrected chi connectivity index (χ1v) is 15.4. The highest BCUT2D eigenvalue weighted by atomic mass is 16.3. The van der Waals surface area contributed by atoms with Crippen molar-refractivity contribution in [3.63, 3.8) is 0 Å². The average Bonchev–Trinajstić information content (AvgIpc) is 3.14. The summed E-state index contributed by atoms with van der Waals surface area (Å²) >= 11 is 0. The second-order valence-corrected chi connectivity index (χ2v) is 11.6. The molecular weight excluding hydrogens is 598 g/mol. The highest BCUT2D eigenvalue weighted by Gasteiger charge is 2.53. The summed E-state index contributed by atoms with van der Waals surface area (Å²) in [5.41, 5.74) is 6.45. The van der Waals surface area contributed by atoms with Crippen LogP contribution in [0.2, 0.25) is 0 Å². The van der Waals surface area contributed by atoms with E-state index in [0.717, 1.165) is 44.5 Å². The molecule has 0 bridgehead atoms. The van der Waals surface area contributed by atoms with E-state index in [2.05, 4.69) is 39.2 Å². The van der Waals surface area contributed by atoms with Gasteiger partial charge in [0.15, 0.2) is 0 Å². The number of fused-ring (bicyclic) bond motifs is 2. The molecule has 7 aromatic rings. The molecule has 7 nitrogen and oxygen atoms in total. The normalized spacial score (nSPS) is 13.7. The van der Waals surface area contributed by atoms with Crippen molar-refractivity contribution in [2.45, 2.75) is 10.8 Å². The minimum absolute atomic E-state index is 0.180. The summed E-state index contributed by atoms with van der Waals surface area (Å²) in [5, 5.41) is 41.2. The first-order valence-electron chi connectivity index (χ1n) is 15.4. The number of nitrogens with zero attached hydrogens (tertiary/aromatic N) is 3. The lowest BCUT2D eigenvalue weighted by atomic mass is 9.50. The monoisotopic (exact) mass is 629 g/mol. The number of aromatic hydroxyl groups is 4. The largest absolute Gasteiger partial charge is 0.508 e. The van der Waals surface area contributed by atoms with Crippen molar-refractivity contribution in [3.05, 3.63) is 209 Å². The first-order chi connectivity index (χ1) is 23.5. The highest BCUT2D eigenvalue weighted by Crippen LogP contribution is 2.60. The Kier molecular flexibility index (Phi) is 7.79. The minimum Gasteiger partial charge on any atom is -0.508 e. The van der Waals surface area contributed by atoms with Crippen LogP contribution in [0.5, 0.6) is 23.0 Å². The molecule has 0 spiro atoms. The van der Waals surface area contributed by atoms with Crippen molar-refractivity contribution in [1.82, 2.24) is 15.0 Å². The van der Waals surface area contributed by atoms with Crippen LogP contribution in [0.15, 0.2) is 165 Å². The van der Waals surface area contributed by atoms with Crippen LogP contribution in [0.4, 0.5) is 0 Å². The zero-order valence-corrected chi connectivity index (χ0v) is 25.7. The van der Waals surface area contributed by atoms with Gasteiger partial charge in [-0.25, -0.2) is 15.0 Å². The summed E-state index contributed by atoms with van der Waals surface area (Å²) in [6.07, 6.45) is 4.31. The van der Waals surface area contributed by atoms with Crippen LogP contribution in [-0.2, 0) is 10.8 Å². The van der Waals surface area contributed by atoms with Gasteiger partial charge in [-0.1, -0.05) is 97.1 Å². The molecule has 0 saturated heterocycles. The van der Waals surface area contributed by atoms with E-state index >= 15 is 0 Å². The van der Waals surface area contributed by atoms with Crippen LogP contribution >= 0.6 is 0 Å². The number of hydrogen-bond donors (Lipinski definition) is 4. The summed E-state index contributed by atoms with van der Waals surface area (Å²) in [6, 6.07) is 46.2. The Morgan fingerprint density at radius 2 is 0.500 bits per heavy atom. The minimum atomic E-state index is -0.800. The Morgan fingerprint density at radius 3 is 0.688 bits per heavy atom. The van der Waals surface area contributed by atoms with Crippen LogP contribution in [0.25, 0.3) is 0 Å². The van der Waals surface area contributed by atoms with Crippen LogP contribution < -0.4 is 0 Å². The van der Waals surface area contributed by atoms with E-state index in [0.29, 0.717) is 0 Å². The Hall–Kier alpha value is -6.47. The van der Waals surface area contributed by atoms with Gasteiger partial charge in [0.1, 0.15) is 42.0 Å². The second-order valence-electron chi connectivity index (χ2n) is 11.6. The summed E-state index contributed by atoms with van der Waals surface area (Å²) in [4.78, 5) is 10.7. The van der Waals surface area contributed by atoms with Gasteiger partial charge in [-0.15, -0.1) is 0 Å². The number of phenols is 4. The molecule has 1 aliphatic rings. The molecule has 8 rings (SSSR count). The van der Waals surface area contributed by atoms with Gasteiger partial charge in [-0.05, 0) is 93.0 Å². The topological polar surface area (TPSA) is 120 Å². The molecule has 0 unspecified atom stereocenters. The summed E-state index contributed by atoms with van der Waals surface area (Å²) in [5.74, 6) is 0.720. The fraction of sp³-hybridized carbons (Fsp3) is 0.0488. The zero-order valence-electron chi connectivity index (χ0n) is 25.7. The third kappa shape index (κ3) is 4.89. The molecule has 0 radical (unpaired) electrons. The van der Waals surface area contributed by atoms with E-state index in [1.54, 1.807) is 48.5 Å². The lowest BCUT2D eigenvalue weighted by molar-refractivity contribution is 0.472. The van der Waals surface area contributed by atoms with Gasteiger partial charge in [0.05, 0.1) is 10.8 Å². The highest BCUT2D eigenvalue weighted by molar-refractivity contribution is 5.76. The lowest BCUT2D eigenvalue weighted by Crippen LogP contribution is -2.45. The van der Waals surface area contributed by atoms with E-state index in [1.807, 2.05) is 72.8 Å². The van der Waals surface area contributed by atoms with E-state index < -0.39 is 10.8 Å². The molecular formula is C41H31N3O4. The molecule has 6 aromatic carbocycles. The number of phenolic OH excluding ortho intramolecular Hbond substituents is 4. The average molecular weight is 630 g/mol. The SMILES string of the molecule is Oc1ccc(C2(c3ccc(O)cc3)c3ccccc3C(c3ccc(O)cc3)(c3ccc(O)cc3)c3ccccc32)cc1.c1ncncn1. The molecule has 234 valence electrons. The summed E-state index contributed by atoms with van der Waals surface area (Å²) in [6.45, 7) is 0. The van der Waals surface area contributed by atoms with Gasteiger partial charge in [0.25, 0.3) is 0 Å². The predicted molar refractivity (Wildman–Crippen MR) is 183 cm³/mol. The van der Waals surface area contributed by atoms with Gasteiger partial charge in [0, 0.05) is 0 Å². The van der Waals surface area contributed by atoms with Crippen molar-refractivity contribution in [3.8, 4) is 23.0 Å². The fourth-order valence-corrected chi connectivity index (χ4v) is 7.19. The molecule has 1 aromatic heterocycles. The molecule has 4 N–H and O–H groups in total. The lowest BCUT2D eigenvalue weighted by Gasteiger charge is -2.51. The molecule has 1 heterocycles. The Balaban J connectivity index is 0.000000550. The number of hydrogen-bond acceptors (Lipinski definition) is 7. The number of aromatic nitrogens is 3. The van der Waals surface area contributed by atoms with Gasteiger partial charge >= 0.3 is 0 Å². The zero-order chi connectivity index (χ0) is 33.1. The van der Waals surface area contributed by atoms with E-state index in [4.69, 9.17) is 0 Å². The Labute approximate surface area is 277 Å². The van der Waals surface area contributed by atoms with Crippen LogP contribution in [0.1, 0.15) is 44.5 Å². The quantitative estimate of drug-likeness (QED) is 0.160. The molecule has 0 amide bonds. The van der Waals surface area contributed by atoms with E-state index in [-0.39, 0.29) is 23.0 Å². The first kappa shape index (κ1) is 30.2. The third-order valence-electron chi connectivity index (χ3n) is 9.07. The second kappa shape index (κ2) is 12.4. The van der Waals surface area contributed by atoms with E-state index in [9.17, 15) is 20.4 Å². The van der Waals surface area contributed by atoms with Gasteiger partial charge in [-0.2, -0.15) is 0 Å². The Bertz CT molecular complexity index is 1840. The predicted octanol–water partition coefficient (Wildman–Crippen LogP) is 7.46. The Morgan fingerprint density at radius 1 is 0.292 bits per heavy atom. The summed E-state index contributed by atoms with van der Waals surface area (Å²) in [7, 11) is 0. The smallest absolute Gasteiger partial charge is 0.119 e. The van der Waals surface area contributed by atoms with Gasteiger partial charge in [0.2, 0.25) is 0 Å². The third-order valence-corrected chi connectivity index (χ3v) is 9.07. The number of rotatable bonds is 4. The molecule has 0 fully saturated rings. The molecule has 48 heavy (non-hydrogen) atoms. The number of benzene rings is 6.